The molecule has 1 heterocycles. The van der Waals surface area contributed by atoms with Gasteiger partial charge < -0.3 is 14.7 Å². The van der Waals surface area contributed by atoms with Crippen molar-refractivity contribution in [2.45, 2.75) is 12.8 Å². The fraction of sp³-hybridized carbons (Fsp3) is 0.333. The van der Waals surface area contributed by atoms with Crippen molar-refractivity contribution in [3.05, 3.63) is 41.0 Å². The van der Waals surface area contributed by atoms with Gasteiger partial charge in [-0.25, -0.2) is 9.59 Å². The molecule has 20 heavy (non-hydrogen) atoms. The molecule has 1 aliphatic heterocycles. The molecule has 1 fully saturated rings. The van der Waals surface area contributed by atoms with Gasteiger partial charge in [-0.1, -0.05) is 23.8 Å². The molecule has 0 radical (unpaired) electrons. The Hall–Kier alpha value is -2.30. The van der Waals surface area contributed by atoms with E-state index in [0.717, 1.165) is 18.4 Å². The molecule has 106 valence electrons. The maximum Gasteiger partial charge on any atom is 0.407 e. The van der Waals surface area contributed by atoms with Gasteiger partial charge in [0.05, 0.1) is 12.7 Å². The number of rotatable bonds is 2. The molecule has 0 unspecified atom stereocenters. The Labute approximate surface area is 117 Å². The minimum absolute atomic E-state index is 0.348. The molecule has 0 aromatic heterocycles. The number of nitrogens with zero attached hydrogens (tertiary/aromatic N) is 1. The van der Waals surface area contributed by atoms with Crippen molar-refractivity contribution in [2.75, 3.05) is 20.2 Å². The van der Waals surface area contributed by atoms with Crippen LogP contribution >= 0.6 is 0 Å². The average Bonchev–Trinajstić information content (AvgIpc) is 2.48. The van der Waals surface area contributed by atoms with Crippen molar-refractivity contribution in [1.82, 2.24) is 4.90 Å². The molecule has 1 aromatic rings. The summed E-state index contributed by atoms with van der Waals surface area (Å²) in [6.07, 6.45) is 2.71. The number of carbonyl (C=O) groups is 2. The highest BCUT2D eigenvalue weighted by Crippen LogP contribution is 2.19. The number of ether oxygens (including phenoxy) is 1. The van der Waals surface area contributed by atoms with E-state index >= 15 is 0 Å². The van der Waals surface area contributed by atoms with Crippen LogP contribution in [-0.2, 0) is 4.74 Å². The number of esters is 1. The molecule has 1 N–H and O–H groups in total. The minimum atomic E-state index is -0.855. The van der Waals surface area contributed by atoms with Gasteiger partial charge in [0.25, 0.3) is 0 Å². The van der Waals surface area contributed by atoms with E-state index in [-0.39, 0.29) is 5.97 Å². The summed E-state index contributed by atoms with van der Waals surface area (Å²) in [6.45, 7) is 1.09. The van der Waals surface area contributed by atoms with Crippen molar-refractivity contribution in [3.8, 4) is 0 Å². The zero-order valence-corrected chi connectivity index (χ0v) is 11.3. The number of methoxy groups -OCH3 is 1. The number of piperidine rings is 1. The second-order valence-electron chi connectivity index (χ2n) is 4.69. The standard InChI is InChI=1S/C15H17NO4/c1-20-14(17)13-4-2-11(3-5-13)10-12-6-8-16(9-7-12)15(18)19/h2-5,10H,6-9H2,1H3,(H,18,19). The summed E-state index contributed by atoms with van der Waals surface area (Å²) in [5, 5.41) is 8.88. The van der Waals surface area contributed by atoms with Crippen molar-refractivity contribution < 1.29 is 19.4 Å². The maximum absolute atomic E-state index is 11.3. The van der Waals surface area contributed by atoms with E-state index in [1.807, 2.05) is 12.1 Å². The third-order valence-electron chi connectivity index (χ3n) is 3.38. The van der Waals surface area contributed by atoms with Gasteiger partial charge in [-0.05, 0) is 30.5 Å². The second kappa shape index (κ2) is 6.23. The van der Waals surface area contributed by atoms with Gasteiger partial charge in [0, 0.05) is 13.1 Å². The van der Waals surface area contributed by atoms with Crippen LogP contribution < -0.4 is 0 Å². The summed E-state index contributed by atoms with van der Waals surface area (Å²) in [5.74, 6) is -0.348. The number of hydrogen-bond donors (Lipinski definition) is 1. The predicted octanol–water partition coefficient (Wildman–Crippen LogP) is 2.63. The number of carbonyl (C=O) groups excluding carboxylic acids is 1. The lowest BCUT2D eigenvalue weighted by atomic mass is 10.0. The summed E-state index contributed by atoms with van der Waals surface area (Å²) in [4.78, 5) is 23.6. The fourth-order valence-electron chi connectivity index (χ4n) is 2.20. The molecule has 0 atom stereocenters. The van der Waals surface area contributed by atoms with E-state index in [2.05, 4.69) is 10.8 Å². The largest absolute Gasteiger partial charge is 0.465 e. The summed E-state index contributed by atoms with van der Waals surface area (Å²) >= 11 is 0. The normalized spacial score (nSPS) is 14.8. The molecule has 2 rings (SSSR count). The van der Waals surface area contributed by atoms with Crippen LogP contribution in [0.4, 0.5) is 4.79 Å². The molecule has 1 saturated heterocycles. The Morgan fingerprint density at radius 1 is 1.20 bits per heavy atom. The highest BCUT2D eigenvalue weighted by atomic mass is 16.5. The van der Waals surface area contributed by atoms with Gasteiger partial charge in [-0.15, -0.1) is 0 Å². The monoisotopic (exact) mass is 275 g/mol. The molecule has 1 aromatic carbocycles. The highest BCUT2D eigenvalue weighted by Gasteiger charge is 2.17. The quantitative estimate of drug-likeness (QED) is 0.842. The van der Waals surface area contributed by atoms with Gasteiger partial charge in [0.2, 0.25) is 0 Å². The molecule has 0 aliphatic carbocycles. The number of benzene rings is 1. The summed E-state index contributed by atoms with van der Waals surface area (Å²) in [5.41, 5.74) is 2.76. The molecule has 0 bridgehead atoms. The Bertz CT molecular complexity index is 523. The van der Waals surface area contributed by atoms with Crippen LogP contribution in [0.25, 0.3) is 6.08 Å². The Morgan fingerprint density at radius 3 is 2.30 bits per heavy atom. The van der Waals surface area contributed by atoms with Gasteiger partial charge >= 0.3 is 12.1 Å². The van der Waals surface area contributed by atoms with Crippen molar-refractivity contribution >= 4 is 18.1 Å². The first kappa shape index (κ1) is 14.1. The molecule has 0 saturated carbocycles. The molecule has 5 heteroatoms. The molecule has 1 aliphatic rings. The Balaban J connectivity index is 2.01. The number of amides is 1. The van der Waals surface area contributed by atoms with E-state index in [9.17, 15) is 9.59 Å². The molecule has 0 spiro atoms. The first-order chi connectivity index (χ1) is 9.60. The summed E-state index contributed by atoms with van der Waals surface area (Å²) in [6, 6.07) is 7.18. The van der Waals surface area contributed by atoms with Crippen LogP contribution in [-0.4, -0.2) is 42.3 Å². The smallest absolute Gasteiger partial charge is 0.407 e. The highest BCUT2D eigenvalue weighted by molar-refractivity contribution is 5.89. The second-order valence-corrected chi connectivity index (χ2v) is 4.69. The zero-order chi connectivity index (χ0) is 14.5. The minimum Gasteiger partial charge on any atom is -0.465 e. The molecule has 1 amide bonds. The first-order valence-corrected chi connectivity index (χ1v) is 6.46. The maximum atomic E-state index is 11.3. The number of carboxylic acid groups (broad SMARTS) is 1. The molecular formula is C15H17NO4. The van der Waals surface area contributed by atoms with E-state index in [0.29, 0.717) is 18.7 Å². The van der Waals surface area contributed by atoms with Crippen molar-refractivity contribution in [2.24, 2.45) is 0 Å². The van der Waals surface area contributed by atoms with E-state index in [4.69, 9.17) is 5.11 Å². The zero-order valence-electron chi connectivity index (χ0n) is 11.3. The number of likely N-dealkylation sites (tertiary alicyclic amines) is 1. The van der Waals surface area contributed by atoms with E-state index in [1.54, 1.807) is 12.1 Å². The SMILES string of the molecule is COC(=O)c1ccc(C=C2CCN(C(=O)O)CC2)cc1. The lowest BCUT2D eigenvalue weighted by Crippen LogP contribution is -2.35. The van der Waals surface area contributed by atoms with Crippen LogP contribution in [0.1, 0.15) is 28.8 Å². The van der Waals surface area contributed by atoms with Gasteiger partial charge in [-0.3, -0.25) is 0 Å². The average molecular weight is 275 g/mol. The van der Waals surface area contributed by atoms with Crippen molar-refractivity contribution in [3.63, 3.8) is 0 Å². The third-order valence-corrected chi connectivity index (χ3v) is 3.38. The van der Waals surface area contributed by atoms with Crippen LogP contribution in [0.15, 0.2) is 29.8 Å². The van der Waals surface area contributed by atoms with Crippen LogP contribution in [0.3, 0.4) is 0 Å². The Kier molecular flexibility index (Phi) is 4.40. The molecular weight excluding hydrogens is 258 g/mol. The van der Waals surface area contributed by atoms with Crippen LogP contribution in [0.5, 0.6) is 0 Å². The van der Waals surface area contributed by atoms with E-state index in [1.165, 1.54) is 17.6 Å². The lowest BCUT2D eigenvalue weighted by Gasteiger charge is -2.25. The topological polar surface area (TPSA) is 66.8 Å². The number of hydrogen-bond acceptors (Lipinski definition) is 3. The van der Waals surface area contributed by atoms with Gasteiger partial charge in [0.15, 0.2) is 0 Å². The third kappa shape index (κ3) is 3.38. The van der Waals surface area contributed by atoms with Crippen LogP contribution in [0, 0.1) is 0 Å². The predicted molar refractivity (Wildman–Crippen MR) is 74.6 cm³/mol. The summed E-state index contributed by atoms with van der Waals surface area (Å²) < 4.78 is 4.64. The Morgan fingerprint density at radius 2 is 1.80 bits per heavy atom. The van der Waals surface area contributed by atoms with Crippen LogP contribution in [0.2, 0.25) is 0 Å². The van der Waals surface area contributed by atoms with Crippen molar-refractivity contribution in [1.29, 1.82) is 0 Å². The van der Waals surface area contributed by atoms with Gasteiger partial charge in [-0.2, -0.15) is 0 Å². The lowest BCUT2D eigenvalue weighted by molar-refractivity contribution is 0.0600. The summed E-state index contributed by atoms with van der Waals surface area (Å²) in [7, 11) is 1.36. The van der Waals surface area contributed by atoms with Gasteiger partial charge in [0.1, 0.15) is 0 Å². The first-order valence-electron chi connectivity index (χ1n) is 6.46. The molecule has 5 nitrogen and oxygen atoms in total. The van der Waals surface area contributed by atoms with E-state index < -0.39 is 6.09 Å². The fourth-order valence-corrected chi connectivity index (χ4v) is 2.20.